The van der Waals surface area contributed by atoms with Gasteiger partial charge in [-0.15, -0.1) is 0 Å². The van der Waals surface area contributed by atoms with Gasteiger partial charge in [0.2, 0.25) is 0 Å². The van der Waals surface area contributed by atoms with Crippen molar-refractivity contribution in [3.8, 4) is 0 Å². The largest absolute Gasteiger partial charge is 0.305 e. The minimum atomic E-state index is -0.307. The second kappa shape index (κ2) is 5.41. The van der Waals surface area contributed by atoms with E-state index in [4.69, 9.17) is 0 Å². The third kappa shape index (κ3) is 3.13. The zero-order valence-electron chi connectivity index (χ0n) is 10.1. The van der Waals surface area contributed by atoms with Crippen molar-refractivity contribution in [2.75, 3.05) is 0 Å². The van der Waals surface area contributed by atoms with E-state index in [1.165, 1.54) is 25.0 Å². The van der Waals surface area contributed by atoms with Crippen molar-refractivity contribution in [3.63, 3.8) is 0 Å². The number of Topliss-reactive ketones (excluding diaryl/α,β-unsaturated/α-hetero) is 1. The highest BCUT2D eigenvalue weighted by Gasteiger charge is 2.21. The zero-order chi connectivity index (χ0) is 12.3. The number of hydrogen-bond acceptors (Lipinski definition) is 2. The molecule has 1 aliphatic carbocycles. The topological polar surface area (TPSA) is 29.1 Å². The first-order chi connectivity index (χ1) is 8.16. The number of hydrogen-bond donors (Lipinski definition) is 1. The fourth-order valence-electron chi connectivity index (χ4n) is 2.39. The normalized spacial score (nSPS) is 18.2. The highest BCUT2D eigenvalue weighted by atomic mass is 19.1. The molecule has 1 saturated carbocycles. The molecule has 0 radical (unpaired) electrons. The van der Waals surface area contributed by atoms with Gasteiger partial charge in [-0.05, 0) is 44.0 Å². The number of nitrogens with one attached hydrogen (secondary N) is 1. The lowest BCUT2D eigenvalue weighted by Crippen LogP contribution is -2.40. The summed E-state index contributed by atoms with van der Waals surface area (Å²) in [6, 6.07) is 6.03. The van der Waals surface area contributed by atoms with Gasteiger partial charge in [0, 0.05) is 11.6 Å². The summed E-state index contributed by atoms with van der Waals surface area (Å²) in [5.74, 6) is -0.269. The van der Waals surface area contributed by atoms with Gasteiger partial charge in [0.25, 0.3) is 0 Å². The SMILES string of the molecule is CC(NC1CCCC1)C(=O)c1ccc(F)cc1. The van der Waals surface area contributed by atoms with Crippen LogP contribution in [0.5, 0.6) is 0 Å². The third-order valence-corrected chi connectivity index (χ3v) is 3.36. The Morgan fingerprint density at radius 1 is 1.29 bits per heavy atom. The smallest absolute Gasteiger partial charge is 0.179 e. The molecule has 17 heavy (non-hydrogen) atoms. The quantitative estimate of drug-likeness (QED) is 0.813. The van der Waals surface area contributed by atoms with Crippen LogP contribution in [0.3, 0.4) is 0 Å². The summed E-state index contributed by atoms with van der Waals surface area (Å²) >= 11 is 0. The number of halogens is 1. The maximum Gasteiger partial charge on any atom is 0.179 e. The molecule has 1 aromatic carbocycles. The fraction of sp³-hybridized carbons (Fsp3) is 0.500. The summed E-state index contributed by atoms with van der Waals surface area (Å²) in [6.45, 7) is 1.88. The van der Waals surface area contributed by atoms with Gasteiger partial charge in [0.1, 0.15) is 5.82 Å². The van der Waals surface area contributed by atoms with Crippen LogP contribution in [0.4, 0.5) is 4.39 Å². The van der Waals surface area contributed by atoms with Crippen LogP contribution in [0.15, 0.2) is 24.3 Å². The summed E-state index contributed by atoms with van der Waals surface area (Å²) < 4.78 is 12.8. The van der Waals surface area contributed by atoms with Crippen LogP contribution in [0, 0.1) is 5.82 Å². The van der Waals surface area contributed by atoms with Crippen molar-refractivity contribution in [2.24, 2.45) is 0 Å². The molecule has 0 saturated heterocycles. The van der Waals surface area contributed by atoms with E-state index in [0.717, 1.165) is 12.8 Å². The average molecular weight is 235 g/mol. The molecule has 0 spiro atoms. The predicted octanol–water partition coefficient (Wildman–Crippen LogP) is 2.93. The van der Waals surface area contributed by atoms with E-state index in [0.29, 0.717) is 11.6 Å². The van der Waals surface area contributed by atoms with Crippen LogP contribution in [0.25, 0.3) is 0 Å². The van der Waals surface area contributed by atoms with Crippen LogP contribution < -0.4 is 5.32 Å². The Bertz CT molecular complexity index is 382. The molecular weight excluding hydrogens is 217 g/mol. The van der Waals surface area contributed by atoms with Gasteiger partial charge < -0.3 is 5.32 Å². The van der Waals surface area contributed by atoms with Crippen molar-refractivity contribution in [1.82, 2.24) is 5.32 Å². The molecule has 0 bridgehead atoms. The molecule has 1 aliphatic rings. The van der Waals surface area contributed by atoms with Crippen LogP contribution in [0.2, 0.25) is 0 Å². The highest BCUT2D eigenvalue weighted by molar-refractivity contribution is 5.99. The minimum Gasteiger partial charge on any atom is -0.305 e. The van der Waals surface area contributed by atoms with E-state index >= 15 is 0 Å². The van der Waals surface area contributed by atoms with Crippen LogP contribution in [-0.4, -0.2) is 17.9 Å². The van der Waals surface area contributed by atoms with Gasteiger partial charge in [-0.2, -0.15) is 0 Å². The Hall–Kier alpha value is -1.22. The highest BCUT2D eigenvalue weighted by Crippen LogP contribution is 2.18. The lowest BCUT2D eigenvalue weighted by atomic mass is 10.0. The van der Waals surface area contributed by atoms with Crippen molar-refractivity contribution in [2.45, 2.75) is 44.7 Å². The first kappa shape index (κ1) is 12.2. The second-order valence-corrected chi connectivity index (χ2v) is 4.74. The molecule has 1 N–H and O–H groups in total. The third-order valence-electron chi connectivity index (χ3n) is 3.36. The van der Waals surface area contributed by atoms with Gasteiger partial charge in [0.15, 0.2) is 5.78 Å². The van der Waals surface area contributed by atoms with E-state index in [-0.39, 0.29) is 17.6 Å². The molecule has 1 fully saturated rings. The molecule has 0 aromatic heterocycles. The molecule has 2 nitrogen and oxygen atoms in total. The van der Waals surface area contributed by atoms with E-state index in [1.807, 2.05) is 6.92 Å². The molecule has 1 atom stereocenters. The Morgan fingerprint density at radius 3 is 2.47 bits per heavy atom. The maximum absolute atomic E-state index is 12.8. The van der Waals surface area contributed by atoms with Gasteiger partial charge >= 0.3 is 0 Å². The monoisotopic (exact) mass is 235 g/mol. The van der Waals surface area contributed by atoms with Crippen molar-refractivity contribution < 1.29 is 9.18 Å². The molecular formula is C14H18FNO. The summed E-state index contributed by atoms with van der Waals surface area (Å²) in [6.07, 6.45) is 4.80. The molecule has 1 unspecified atom stereocenters. The van der Waals surface area contributed by atoms with Gasteiger partial charge in [-0.1, -0.05) is 12.8 Å². The Kier molecular flexibility index (Phi) is 3.89. The maximum atomic E-state index is 12.8. The number of carbonyl (C=O) groups excluding carboxylic acids is 1. The molecule has 0 heterocycles. The summed E-state index contributed by atoms with van der Waals surface area (Å²) in [4.78, 5) is 12.1. The van der Waals surface area contributed by atoms with E-state index in [9.17, 15) is 9.18 Å². The summed E-state index contributed by atoms with van der Waals surface area (Å²) in [5, 5.41) is 3.35. The molecule has 0 amide bonds. The Morgan fingerprint density at radius 2 is 1.88 bits per heavy atom. The van der Waals surface area contributed by atoms with E-state index < -0.39 is 0 Å². The van der Waals surface area contributed by atoms with Crippen molar-refractivity contribution >= 4 is 5.78 Å². The predicted molar refractivity (Wildman–Crippen MR) is 65.6 cm³/mol. The van der Waals surface area contributed by atoms with Gasteiger partial charge in [-0.25, -0.2) is 4.39 Å². The summed E-state index contributed by atoms with van der Waals surface area (Å²) in [7, 11) is 0. The van der Waals surface area contributed by atoms with E-state index in [2.05, 4.69) is 5.32 Å². The summed E-state index contributed by atoms with van der Waals surface area (Å²) in [5.41, 5.74) is 0.574. The number of benzene rings is 1. The average Bonchev–Trinajstić information content (AvgIpc) is 2.82. The molecule has 3 heteroatoms. The number of ketones is 1. The Balaban J connectivity index is 1.96. The molecule has 2 rings (SSSR count). The first-order valence-electron chi connectivity index (χ1n) is 6.22. The molecule has 92 valence electrons. The molecule has 1 aromatic rings. The van der Waals surface area contributed by atoms with Crippen molar-refractivity contribution in [3.05, 3.63) is 35.6 Å². The van der Waals surface area contributed by atoms with Gasteiger partial charge in [-0.3, -0.25) is 4.79 Å². The van der Waals surface area contributed by atoms with Crippen LogP contribution in [0.1, 0.15) is 43.0 Å². The van der Waals surface area contributed by atoms with Crippen LogP contribution in [-0.2, 0) is 0 Å². The lowest BCUT2D eigenvalue weighted by Gasteiger charge is -2.18. The first-order valence-corrected chi connectivity index (χ1v) is 6.22. The van der Waals surface area contributed by atoms with Gasteiger partial charge in [0.05, 0.1) is 6.04 Å². The minimum absolute atomic E-state index is 0.0388. The lowest BCUT2D eigenvalue weighted by molar-refractivity contribution is 0.0944. The Labute approximate surface area is 101 Å². The van der Waals surface area contributed by atoms with E-state index in [1.54, 1.807) is 12.1 Å². The number of rotatable bonds is 4. The molecule has 0 aliphatic heterocycles. The number of carbonyl (C=O) groups is 1. The standard InChI is InChI=1S/C14H18FNO/c1-10(16-13-4-2-3-5-13)14(17)11-6-8-12(15)9-7-11/h6-10,13,16H,2-5H2,1H3. The van der Waals surface area contributed by atoms with Crippen LogP contribution >= 0.6 is 0 Å². The second-order valence-electron chi connectivity index (χ2n) is 4.74. The van der Waals surface area contributed by atoms with Crippen molar-refractivity contribution in [1.29, 1.82) is 0 Å². The fourth-order valence-corrected chi connectivity index (χ4v) is 2.39. The zero-order valence-corrected chi connectivity index (χ0v) is 10.1.